The van der Waals surface area contributed by atoms with Crippen LogP contribution in [-0.2, 0) is 27.0 Å². The second kappa shape index (κ2) is 7.66. The lowest BCUT2D eigenvalue weighted by Gasteiger charge is -2.17. The summed E-state index contributed by atoms with van der Waals surface area (Å²) in [4.78, 5) is 32.3. The van der Waals surface area contributed by atoms with Gasteiger partial charge >= 0.3 is 13.8 Å². The van der Waals surface area contributed by atoms with Gasteiger partial charge < -0.3 is 25.3 Å². The van der Waals surface area contributed by atoms with Crippen molar-refractivity contribution in [2.45, 2.75) is 39.5 Å². The van der Waals surface area contributed by atoms with Gasteiger partial charge in [-0.15, -0.1) is 0 Å². The number of phosphoric acid groups is 1. The minimum Gasteiger partial charge on any atom is -0.506 e. The molecule has 0 fully saturated rings. The number of aromatic nitrogens is 1. The maximum Gasteiger partial charge on any atom is 0.469 e. The van der Waals surface area contributed by atoms with Crippen LogP contribution in [0.5, 0.6) is 5.75 Å². The van der Waals surface area contributed by atoms with E-state index < -0.39 is 26.4 Å². The summed E-state index contributed by atoms with van der Waals surface area (Å²) in [5.74, 6) is -1.19. The Morgan fingerprint density at radius 3 is 2.64 bits per heavy atom. The molecule has 124 valence electrons. The molecule has 1 unspecified atom stereocenters. The SMILES string of the molecule is CCC(NCc1c(COP(=O)(O)O)cnc(C)c1O)C(=O)O. The molecule has 0 amide bonds. The Kier molecular flexibility index (Phi) is 6.46. The maximum atomic E-state index is 11.0. The van der Waals surface area contributed by atoms with Crippen LogP contribution in [0.25, 0.3) is 0 Å². The van der Waals surface area contributed by atoms with Gasteiger partial charge in [-0.25, -0.2) is 4.57 Å². The van der Waals surface area contributed by atoms with E-state index in [1.165, 1.54) is 6.20 Å². The molecule has 5 N–H and O–H groups in total. The van der Waals surface area contributed by atoms with Crippen LogP contribution in [0, 0.1) is 6.92 Å². The van der Waals surface area contributed by atoms with Gasteiger partial charge in [0.1, 0.15) is 11.8 Å². The van der Waals surface area contributed by atoms with Crippen LogP contribution in [0.2, 0.25) is 0 Å². The fourth-order valence-corrected chi connectivity index (χ4v) is 2.10. The Morgan fingerprint density at radius 2 is 2.14 bits per heavy atom. The molecule has 1 atom stereocenters. The molecule has 1 heterocycles. The van der Waals surface area contributed by atoms with Crippen molar-refractivity contribution in [2.75, 3.05) is 0 Å². The van der Waals surface area contributed by atoms with Crippen LogP contribution in [-0.4, -0.2) is 37.0 Å². The van der Waals surface area contributed by atoms with E-state index in [2.05, 4.69) is 14.8 Å². The van der Waals surface area contributed by atoms with Crippen molar-refractivity contribution in [1.29, 1.82) is 0 Å². The number of carboxylic acids is 1. The number of aryl methyl sites for hydroxylation is 1. The molecular formula is C12H19N2O7P. The molecule has 10 heteroatoms. The van der Waals surface area contributed by atoms with Crippen LogP contribution in [0.1, 0.15) is 30.2 Å². The monoisotopic (exact) mass is 334 g/mol. The van der Waals surface area contributed by atoms with E-state index in [-0.39, 0.29) is 17.9 Å². The summed E-state index contributed by atoms with van der Waals surface area (Å²) in [6, 6.07) is -0.802. The largest absolute Gasteiger partial charge is 0.506 e. The first kappa shape index (κ1) is 18.5. The molecule has 22 heavy (non-hydrogen) atoms. The van der Waals surface area contributed by atoms with Gasteiger partial charge in [-0.3, -0.25) is 14.3 Å². The zero-order chi connectivity index (χ0) is 16.9. The molecule has 0 spiro atoms. The normalized spacial score (nSPS) is 13.1. The number of pyridine rings is 1. The maximum absolute atomic E-state index is 11.0. The minimum atomic E-state index is -4.66. The molecule has 0 saturated carbocycles. The fourth-order valence-electron chi connectivity index (χ4n) is 1.79. The number of nitrogens with zero attached hydrogens (tertiary/aromatic N) is 1. The van der Waals surface area contributed by atoms with Gasteiger partial charge in [0, 0.05) is 23.9 Å². The zero-order valence-electron chi connectivity index (χ0n) is 12.2. The first-order chi connectivity index (χ1) is 10.2. The molecule has 0 aliphatic heterocycles. The number of rotatable bonds is 8. The molecule has 1 rings (SSSR count). The number of aliphatic carboxylic acids is 1. The average Bonchev–Trinajstić information content (AvgIpc) is 2.41. The van der Waals surface area contributed by atoms with Crippen LogP contribution >= 0.6 is 7.82 Å². The topological polar surface area (TPSA) is 149 Å². The Balaban J connectivity index is 2.97. The number of nitrogens with one attached hydrogen (secondary N) is 1. The first-order valence-corrected chi connectivity index (χ1v) is 8.01. The third-order valence-corrected chi connectivity index (χ3v) is 3.52. The highest BCUT2D eigenvalue weighted by Gasteiger charge is 2.20. The predicted octanol–water partition coefficient (Wildman–Crippen LogP) is 0.658. The summed E-state index contributed by atoms with van der Waals surface area (Å²) in [5.41, 5.74) is 0.875. The second-order valence-corrected chi connectivity index (χ2v) is 5.88. The Hall–Kier alpha value is -1.51. The van der Waals surface area contributed by atoms with Gasteiger partial charge in [-0.05, 0) is 13.3 Å². The lowest BCUT2D eigenvalue weighted by atomic mass is 10.1. The highest BCUT2D eigenvalue weighted by Crippen LogP contribution is 2.38. The van der Waals surface area contributed by atoms with Gasteiger partial charge in [0.25, 0.3) is 0 Å². The van der Waals surface area contributed by atoms with Crippen LogP contribution in [0.4, 0.5) is 0 Å². The van der Waals surface area contributed by atoms with Crippen molar-refractivity contribution >= 4 is 13.8 Å². The van der Waals surface area contributed by atoms with Crippen molar-refractivity contribution < 1.29 is 33.9 Å². The van der Waals surface area contributed by atoms with Gasteiger partial charge in [0.15, 0.2) is 0 Å². The van der Waals surface area contributed by atoms with E-state index in [4.69, 9.17) is 14.9 Å². The smallest absolute Gasteiger partial charge is 0.469 e. The number of phosphoric ester groups is 1. The molecular weight excluding hydrogens is 315 g/mol. The van der Waals surface area contributed by atoms with E-state index in [0.29, 0.717) is 17.7 Å². The summed E-state index contributed by atoms with van der Waals surface area (Å²) in [6.07, 6.45) is 1.66. The van der Waals surface area contributed by atoms with Gasteiger partial charge in [0.05, 0.1) is 12.3 Å². The molecule has 0 aliphatic rings. The Labute approximate surface area is 127 Å². The summed E-state index contributed by atoms with van der Waals surface area (Å²) in [6.45, 7) is 2.80. The van der Waals surface area contributed by atoms with Crippen molar-refractivity contribution in [2.24, 2.45) is 0 Å². The second-order valence-electron chi connectivity index (χ2n) is 4.64. The third kappa shape index (κ3) is 5.36. The summed E-state index contributed by atoms with van der Waals surface area (Å²) >= 11 is 0. The van der Waals surface area contributed by atoms with E-state index in [9.17, 15) is 14.5 Å². The van der Waals surface area contributed by atoms with E-state index in [0.717, 1.165) is 0 Å². The lowest BCUT2D eigenvalue weighted by molar-refractivity contribution is -0.139. The Bertz CT molecular complexity index is 587. The van der Waals surface area contributed by atoms with E-state index in [1.807, 2.05) is 0 Å². The molecule has 0 saturated heterocycles. The quantitative estimate of drug-likeness (QED) is 0.432. The molecule has 1 aromatic rings. The number of hydrogen-bond donors (Lipinski definition) is 5. The van der Waals surface area contributed by atoms with Crippen LogP contribution in [0.15, 0.2) is 6.20 Å². The molecule has 9 nitrogen and oxygen atoms in total. The summed E-state index contributed by atoms with van der Waals surface area (Å²) < 4.78 is 15.2. The van der Waals surface area contributed by atoms with Crippen molar-refractivity contribution in [3.8, 4) is 5.75 Å². The van der Waals surface area contributed by atoms with E-state index >= 15 is 0 Å². The standard InChI is InChI=1S/C12H19N2O7P/c1-3-10(12(16)17)14-5-9-8(6-21-22(18,19)20)4-13-7(2)11(9)15/h4,10,14-15H,3,5-6H2,1-2H3,(H,16,17)(H2,18,19,20). The molecule has 0 bridgehead atoms. The zero-order valence-corrected chi connectivity index (χ0v) is 13.1. The number of hydrogen-bond acceptors (Lipinski definition) is 6. The van der Waals surface area contributed by atoms with Crippen molar-refractivity contribution in [3.05, 3.63) is 23.0 Å². The minimum absolute atomic E-state index is 0.000147. The fraction of sp³-hybridized carbons (Fsp3) is 0.500. The highest BCUT2D eigenvalue weighted by molar-refractivity contribution is 7.46. The number of aromatic hydroxyl groups is 1. The highest BCUT2D eigenvalue weighted by atomic mass is 31.2. The van der Waals surface area contributed by atoms with Crippen LogP contribution in [0.3, 0.4) is 0 Å². The van der Waals surface area contributed by atoms with Gasteiger partial charge in [-0.1, -0.05) is 6.92 Å². The van der Waals surface area contributed by atoms with Gasteiger partial charge in [-0.2, -0.15) is 0 Å². The van der Waals surface area contributed by atoms with Crippen LogP contribution < -0.4 is 5.32 Å². The van der Waals surface area contributed by atoms with Gasteiger partial charge in [0.2, 0.25) is 0 Å². The van der Waals surface area contributed by atoms with Crippen molar-refractivity contribution in [3.63, 3.8) is 0 Å². The molecule has 1 aromatic heterocycles. The molecule has 0 aliphatic carbocycles. The third-order valence-electron chi connectivity index (χ3n) is 3.05. The summed E-state index contributed by atoms with van der Waals surface area (Å²) in [5, 5.41) is 21.8. The number of carbonyl (C=O) groups is 1. The molecule has 0 aromatic carbocycles. The number of carboxylic acid groups (broad SMARTS) is 1. The summed E-state index contributed by atoms with van der Waals surface area (Å²) in [7, 11) is -4.66. The van der Waals surface area contributed by atoms with Crippen molar-refractivity contribution in [1.82, 2.24) is 10.3 Å². The molecule has 0 radical (unpaired) electrons. The predicted molar refractivity (Wildman–Crippen MR) is 76.0 cm³/mol. The van der Waals surface area contributed by atoms with E-state index in [1.54, 1.807) is 13.8 Å². The lowest BCUT2D eigenvalue weighted by Crippen LogP contribution is -2.35. The average molecular weight is 334 g/mol. The Morgan fingerprint density at radius 1 is 1.50 bits per heavy atom. The first-order valence-electron chi connectivity index (χ1n) is 6.48.